The van der Waals surface area contributed by atoms with Crippen molar-refractivity contribution >= 4 is 21.9 Å². The molecule has 34 heavy (non-hydrogen) atoms. The highest BCUT2D eigenvalue weighted by atomic mass is 16.5. The first kappa shape index (κ1) is 20.1. The van der Waals surface area contributed by atoms with Crippen LogP contribution in [0.4, 0.5) is 0 Å². The average Bonchev–Trinajstić information content (AvgIpc) is 3.31. The van der Waals surface area contributed by atoms with Crippen molar-refractivity contribution in [2.75, 3.05) is 0 Å². The van der Waals surface area contributed by atoms with Gasteiger partial charge in [-0.25, -0.2) is 9.97 Å². The summed E-state index contributed by atoms with van der Waals surface area (Å²) in [4.78, 5) is 14.2. The van der Waals surface area contributed by atoms with E-state index in [1.807, 2.05) is 98.8 Å². The Kier molecular flexibility index (Phi) is 4.81. The lowest BCUT2D eigenvalue weighted by molar-refractivity contribution is 0.486. The maximum atomic E-state index is 6.57. The highest BCUT2D eigenvalue weighted by Crippen LogP contribution is 2.38. The molecular weight excluding hydrogens is 422 g/mol. The Morgan fingerprint density at radius 2 is 1.56 bits per heavy atom. The summed E-state index contributed by atoms with van der Waals surface area (Å²) in [5.74, 6) is 2.02. The molecule has 4 heterocycles. The van der Waals surface area contributed by atoms with Crippen LogP contribution in [-0.4, -0.2) is 15.0 Å². The topological polar surface area (TPSA) is 61.0 Å². The van der Waals surface area contributed by atoms with E-state index in [0.717, 1.165) is 38.8 Å². The van der Waals surface area contributed by atoms with Gasteiger partial charge in [-0.15, -0.1) is 0 Å². The fourth-order valence-corrected chi connectivity index (χ4v) is 4.03. The van der Waals surface area contributed by atoms with Crippen LogP contribution in [0.1, 0.15) is 11.3 Å². The summed E-state index contributed by atoms with van der Waals surface area (Å²) in [6, 6.07) is 27.6. The summed E-state index contributed by atoms with van der Waals surface area (Å²) in [6.07, 6.45) is 1.76. The molecule has 0 aliphatic rings. The molecule has 5 nitrogen and oxygen atoms in total. The van der Waals surface area contributed by atoms with Gasteiger partial charge in [-0.1, -0.05) is 36.4 Å². The van der Waals surface area contributed by atoms with Gasteiger partial charge in [0.15, 0.2) is 11.5 Å². The number of furan rings is 1. The quantitative estimate of drug-likeness (QED) is 0.282. The summed E-state index contributed by atoms with van der Waals surface area (Å²) in [6.45, 7) is 4.02. The first-order chi connectivity index (χ1) is 16.7. The number of hydrogen-bond donors (Lipinski definition) is 0. The molecule has 0 saturated heterocycles. The fraction of sp³-hybridized carbons (Fsp3) is 0.0690. The van der Waals surface area contributed by atoms with Gasteiger partial charge in [0.05, 0.1) is 11.2 Å². The minimum absolute atomic E-state index is 0.647. The van der Waals surface area contributed by atoms with E-state index in [0.29, 0.717) is 28.6 Å². The van der Waals surface area contributed by atoms with Crippen LogP contribution in [0.3, 0.4) is 0 Å². The molecule has 4 aromatic heterocycles. The molecule has 164 valence electrons. The summed E-state index contributed by atoms with van der Waals surface area (Å²) in [5, 5.41) is 1.94. The SMILES string of the molecule is Cc1cc(Oc2cc(-c3cc4ccccc4o3)nc3ccccc23)c(-c2ccccn2)nc1C. The number of fused-ring (bicyclic) bond motifs is 2. The minimum Gasteiger partial charge on any atom is -0.454 e. The van der Waals surface area contributed by atoms with Crippen molar-refractivity contribution in [2.24, 2.45) is 0 Å². The Bertz CT molecular complexity index is 1620. The van der Waals surface area contributed by atoms with Crippen LogP contribution in [-0.2, 0) is 0 Å². The van der Waals surface area contributed by atoms with E-state index < -0.39 is 0 Å². The lowest BCUT2D eigenvalue weighted by atomic mass is 10.1. The third-order valence-corrected chi connectivity index (χ3v) is 5.91. The van der Waals surface area contributed by atoms with E-state index in [1.54, 1.807) is 6.20 Å². The number of hydrogen-bond acceptors (Lipinski definition) is 5. The highest BCUT2D eigenvalue weighted by Gasteiger charge is 2.17. The summed E-state index contributed by atoms with van der Waals surface area (Å²) in [7, 11) is 0. The number of aryl methyl sites for hydroxylation is 2. The van der Waals surface area contributed by atoms with E-state index in [-0.39, 0.29) is 0 Å². The Morgan fingerprint density at radius 3 is 2.41 bits per heavy atom. The lowest BCUT2D eigenvalue weighted by Crippen LogP contribution is -1.98. The van der Waals surface area contributed by atoms with E-state index in [4.69, 9.17) is 19.1 Å². The Labute approximate surface area is 196 Å². The molecule has 5 heteroatoms. The Balaban J connectivity index is 1.52. The molecule has 0 saturated carbocycles. The number of pyridine rings is 3. The fourth-order valence-electron chi connectivity index (χ4n) is 4.03. The zero-order chi connectivity index (χ0) is 23.1. The van der Waals surface area contributed by atoms with Crippen LogP contribution in [0.25, 0.3) is 44.7 Å². The average molecular weight is 444 g/mol. The van der Waals surface area contributed by atoms with Crippen molar-refractivity contribution < 1.29 is 9.15 Å². The molecule has 0 amide bonds. The van der Waals surface area contributed by atoms with Gasteiger partial charge in [-0.05, 0) is 61.9 Å². The summed E-state index contributed by atoms with van der Waals surface area (Å²) in [5.41, 5.74) is 5.81. The third-order valence-electron chi connectivity index (χ3n) is 5.91. The Hall–Kier alpha value is -4.51. The molecule has 0 radical (unpaired) electrons. The number of ether oxygens (including phenoxy) is 1. The van der Waals surface area contributed by atoms with Crippen LogP contribution in [0.15, 0.2) is 95.5 Å². The van der Waals surface area contributed by atoms with E-state index in [9.17, 15) is 0 Å². The standard InChI is InChI=1S/C29H21N3O2/c1-18-15-28(29(31-19(18)2)23-12-7-8-14-30-23)34-26-17-24(32-22-11-5-4-10-21(22)26)27-16-20-9-3-6-13-25(20)33-27/h3-17H,1-2H3. The number of aromatic nitrogens is 3. The van der Waals surface area contributed by atoms with Crippen LogP contribution < -0.4 is 4.74 Å². The van der Waals surface area contributed by atoms with Crippen molar-refractivity contribution in [3.8, 4) is 34.3 Å². The lowest BCUT2D eigenvalue weighted by Gasteiger charge is -2.15. The molecule has 2 aromatic carbocycles. The molecule has 0 N–H and O–H groups in total. The van der Waals surface area contributed by atoms with Crippen molar-refractivity contribution in [1.82, 2.24) is 15.0 Å². The van der Waals surface area contributed by atoms with E-state index in [1.165, 1.54) is 0 Å². The van der Waals surface area contributed by atoms with Crippen LogP contribution in [0.2, 0.25) is 0 Å². The Morgan fingerprint density at radius 1 is 0.735 bits per heavy atom. The van der Waals surface area contributed by atoms with Gasteiger partial charge in [-0.3, -0.25) is 4.98 Å². The van der Waals surface area contributed by atoms with Crippen LogP contribution >= 0.6 is 0 Å². The third kappa shape index (κ3) is 3.57. The first-order valence-electron chi connectivity index (χ1n) is 11.1. The number of rotatable bonds is 4. The number of benzene rings is 2. The molecule has 0 aliphatic carbocycles. The van der Waals surface area contributed by atoms with Crippen molar-refractivity contribution in [1.29, 1.82) is 0 Å². The second kappa shape index (κ2) is 8.12. The molecule has 0 unspecified atom stereocenters. The van der Waals surface area contributed by atoms with Gasteiger partial charge in [0.2, 0.25) is 0 Å². The van der Waals surface area contributed by atoms with Crippen molar-refractivity contribution in [3.05, 3.63) is 102 Å². The van der Waals surface area contributed by atoms with Gasteiger partial charge in [0.25, 0.3) is 0 Å². The maximum Gasteiger partial charge on any atom is 0.155 e. The predicted molar refractivity (Wildman–Crippen MR) is 134 cm³/mol. The molecule has 0 fully saturated rings. The maximum absolute atomic E-state index is 6.57. The normalized spacial score (nSPS) is 11.2. The highest BCUT2D eigenvalue weighted by molar-refractivity contribution is 5.89. The molecule has 6 rings (SSSR count). The van der Waals surface area contributed by atoms with Gasteiger partial charge in [0, 0.05) is 28.7 Å². The van der Waals surface area contributed by atoms with Crippen LogP contribution in [0.5, 0.6) is 11.5 Å². The monoisotopic (exact) mass is 443 g/mol. The largest absolute Gasteiger partial charge is 0.454 e. The number of para-hydroxylation sites is 2. The van der Waals surface area contributed by atoms with Crippen LogP contribution in [0, 0.1) is 13.8 Å². The van der Waals surface area contributed by atoms with E-state index in [2.05, 4.69) is 4.98 Å². The van der Waals surface area contributed by atoms with Gasteiger partial charge < -0.3 is 9.15 Å². The number of nitrogens with zero attached hydrogens (tertiary/aromatic N) is 3. The molecule has 6 aromatic rings. The second-order valence-electron chi connectivity index (χ2n) is 8.23. The molecule has 0 atom stereocenters. The minimum atomic E-state index is 0.647. The summed E-state index contributed by atoms with van der Waals surface area (Å²) >= 11 is 0. The first-order valence-corrected chi connectivity index (χ1v) is 11.1. The molecule has 0 aliphatic heterocycles. The van der Waals surface area contributed by atoms with Gasteiger partial charge >= 0.3 is 0 Å². The molecule has 0 spiro atoms. The molecular formula is C29H21N3O2. The second-order valence-corrected chi connectivity index (χ2v) is 8.23. The van der Waals surface area contributed by atoms with Crippen molar-refractivity contribution in [2.45, 2.75) is 13.8 Å². The summed E-state index contributed by atoms with van der Waals surface area (Å²) < 4.78 is 12.7. The zero-order valence-electron chi connectivity index (χ0n) is 18.8. The van der Waals surface area contributed by atoms with Crippen molar-refractivity contribution in [3.63, 3.8) is 0 Å². The zero-order valence-corrected chi connectivity index (χ0v) is 18.8. The molecule has 0 bridgehead atoms. The van der Waals surface area contributed by atoms with Gasteiger partial charge in [-0.2, -0.15) is 0 Å². The van der Waals surface area contributed by atoms with E-state index >= 15 is 0 Å². The predicted octanol–water partition coefficient (Wildman–Crippen LogP) is 7.51. The smallest absolute Gasteiger partial charge is 0.155 e. The van der Waals surface area contributed by atoms with Gasteiger partial charge in [0.1, 0.15) is 22.7 Å².